The van der Waals surface area contributed by atoms with Crippen molar-refractivity contribution in [2.24, 2.45) is 0 Å². The van der Waals surface area contributed by atoms with E-state index < -0.39 is 0 Å². The van der Waals surface area contributed by atoms with Crippen LogP contribution in [0, 0.1) is 6.92 Å². The lowest BCUT2D eigenvalue weighted by Crippen LogP contribution is -2.42. The highest BCUT2D eigenvalue weighted by Crippen LogP contribution is 2.17. The first kappa shape index (κ1) is 11.0. The molecule has 0 bridgehead atoms. The highest BCUT2D eigenvalue weighted by molar-refractivity contribution is 5.77. The van der Waals surface area contributed by atoms with Crippen molar-refractivity contribution in [3.05, 3.63) is 24.2 Å². The minimum atomic E-state index is 0.124. The van der Waals surface area contributed by atoms with Gasteiger partial charge in [-0.3, -0.25) is 4.79 Å². The molecule has 0 aromatic carbocycles. The summed E-state index contributed by atoms with van der Waals surface area (Å²) in [5.74, 6) is 0.943. The number of fused-ring (bicyclic) bond motifs is 1. The van der Waals surface area contributed by atoms with Crippen LogP contribution >= 0.6 is 0 Å². The number of aryl methyl sites for hydroxylation is 1. The van der Waals surface area contributed by atoms with Crippen LogP contribution in [-0.2, 0) is 4.79 Å². The molecule has 2 N–H and O–H groups in total. The first-order valence-corrected chi connectivity index (χ1v) is 6.06. The molecule has 1 saturated heterocycles. The van der Waals surface area contributed by atoms with Crippen molar-refractivity contribution in [2.75, 3.05) is 11.9 Å². The largest absolute Gasteiger partial charge is 0.364 e. The molecule has 3 heterocycles. The summed E-state index contributed by atoms with van der Waals surface area (Å²) >= 11 is 0. The Morgan fingerprint density at radius 3 is 3.22 bits per heavy atom. The van der Waals surface area contributed by atoms with Gasteiger partial charge in [0.05, 0.1) is 5.69 Å². The second-order valence-electron chi connectivity index (χ2n) is 4.58. The van der Waals surface area contributed by atoms with Crippen LogP contribution in [0.3, 0.4) is 0 Å². The summed E-state index contributed by atoms with van der Waals surface area (Å²) < 4.78 is 1.81. The van der Waals surface area contributed by atoms with Gasteiger partial charge in [-0.1, -0.05) is 0 Å². The van der Waals surface area contributed by atoms with E-state index in [1.165, 1.54) is 0 Å². The van der Waals surface area contributed by atoms with E-state index in [9.17, 15) is 4.79 Å². The first-order chi connectivity index (χ1) is 8.72. The van der Waals surface area contributed by atoms with E-state index in [0.717, 1.165) is 23.4 Å². The minimum Gasteiger partial charge on any atom is -0.364 e. The second-order valence-corrected chi connectivity index (χ2v) is 4.58. The van der Waals surface area contributed by atoms with Gasteiger partial charge in [0.15, 0.2) is 5.82 Å². The summed E-state index contributed by atoms with van der Waals surface area (Å²) in [6, 6.07) is 2.23. The number of nitrogens with one attached hydrogen (secondary N) is 2. The normalized spacial score (nSPS) is 19.8. The van der Waals surface area contributed by atoms with Crippen LogP contribution in [0.25, 0.3) is 5.52 Å². The third-order valence-electron chi connectivity index (χ3n) is 3.12. The quantitative estimate of drug-likeness (QED) is 0.818. The van der Waals surface area contributed by atoms with Gasteiger partial charge in [-0.25, -0.2) is 9.50 Å². The Balaban J connectivity index is 1.84. The number of amides is 1. The molecule has 18 heavy (non-hydrogen) atoms. The maximum Gasteiger partial charge on any atom is 0.220 e. The smallest absolute Gasteiger partial charge is 0.220 e. The Hall–Kier alpha value is -2.11. The molecule has 94 valence electrons. The fraction of sp³-hybridized carbons (Fsp3) is 0.417. The van der Waals surface area contributed by atoms with Crippen molar-refractivity contribution in [1.82, 2.24) is 19.9 Å². The van der Waals surface area contributed by atoms with Crippen LogP contribution in [0.4, 0.5) is 5.82 Å². The van der Waals surface area contributed by atoms with Gasteiger partial charge in [-0.2, -0.15) is 5.10 Å². The van der Waals surface area contributed by atoms with Crippen molar-refractivity contribution < 1.29 is 4.79 Å². The van der Waals surface area contributed by atoms with Gasteiger partial charge < -0.3 is 10.6 Å². The fourth-order valence-corrected chi connectivity index (χ4v) is 2.20. The van der Waals surface area contributed by atoms with Gasteiger partial charge >= 0.3 is 0 Å². The molecule has 3 rings (SSSR count). The molecule has 0 aliphatic carbocycles. The zero-order valence-electron chi connectivity index (χ0n) is 10.2. The summed E-state index contributed by atoms with van der Waals surface area (Å²) in [7, 11) is 0. The number of carbonyl (C=O) groups is 1. The summed E-state index contributed by atoms with van der Waals surface area (Å²) in [6.45, 7) is 2.60. The molecular formula is C12H15N5O. The third kappa shape index (κ3) is 2.01. The molecule has 1 aliphatic heterocycles. The summed E-state index contributed by atoms with van der Waals surface area (Å²) in [5.41, 5.74) is 1.93. The second kappa shape index (κ2) is 4.29. The number of hydrogen-bond acceptors (Lipinski definition) is 4. The monoisotopic (exact) mass is 245 g/mol. The molecule has 0 saturated carbocycles. The Bertz CT molecular complexity index is 581. The molecular weight excluding hydrogens is 230 g/mol. The molecule has 1 amide bonds. The molecule has 1 unspecified atom stereocenters. The molecule has 0 radical (unpaired) electrons. The van der Waals surface area contributed by atoms with Crippen molar-refractivity contribution >= 4 is 17.2 Å². The lowest BCUT2D eigenvalue weighted by atomic mass is 10.1. The average molecular weight is 245 g/mol. The fourth-order valence-electron chi connectivity index (χ4n) is 2.20. The van der Waals surface area contributed by atoms with Gasteiger partial charge in [-0.05, 0) is 19.4 Å². The summed E-state index contributed by atoms with van der Waals surface area (Å²) in [5, 5.41) is 10.6. The molecule has 6 nitrogen and oxygen atoms in total. The maximum absolute atomic E-state index is 11.1. The Labute approximate surface area is 104 Å². The van der Waals surface area contributed by atoms with Crippen LogP contribution in [0.15, 0.2) is 18.5 Å². The Morgan fingerprint density at radius 1 is 1.56 bits per heavy atom. The molecule has 1 aliphatic rings. The van der Waals surface area contributed by atoms with Gasteiger partial charge in [0.25, 0.3) is 0 Å². The van der Waals surface area contributed by atoms with Crippen molar-refractivity contribution in [2.45, 2.75) is 25.8 Å². The van der Waals surface area contributed by atoms with E-state index in [1.807, 2.05) is 23.7 Å². The summed E-state index contributed by atoms with van der Waals surface area (Å²) in [4.78, 5) is 15.5. The van der Waals surface area contributed by atoms with Crippen molar-refractivity contribution in [3.63, 3.8) is 0 Å². The molecule has 1 fully saturated rings. The molecule has 1 atom stereocenters. The van der Waals surface area contributed by atoms with Crippen LogP contribution in [0.2, 0.25) is 0 Å². The van der Waals surface area contributed by atoms with Crippen molar-refractivity contribution in [1.29, 1.82) is 0 Å². The zero-order valence-corrected chi connectivity index (χ0v) is 10.2. The molecule has 2 aromatic heterocycles. The third-order valence-corrected chi connectivity index (χ3v) is 3.12. The molecule has 0 spiro atoms. The van der Waals surface area contributed by atoms with Crippen LogP contribution in [-0.4, -0.2) is 33.1 Å². The number of anilines is 1. The SMILES string of the molecule is Cc1cc2c(NC3CCC(=O)NC3)nccn2n1. The van der Waals surface area contributed by atoms with E-state index in [2.05, 4.69) is 20.7 Å². The Morgan fingerprint density at radius 2 is 2.44 bits per heavy atom. The number of aromatic nitrogens is 3. The van der Waals surface area contributed by atoms with Crippen molar-refractivity contribution in [3.8, 4) is 0 Å². The lowest BCUT2D eigenvalue weighted by molar-refractivity contribution is -0.122. The minimum absolute atomic E-state index is 0.124. The summed E-state index contributed by atoms with van der Waals surface area (Å²) in [6.07, 6.45) is 4.96. The molecule has 6 heteroatoms. The number of nitrogens with zero attached hydrogens (tertiary/aromatic N) is 3. The van der Waals surface area contributed by atoms with E-state index in [4.69, 9.17) is 0 Å². The number of carbonyl (C=O) groups excluding carboxylic acids is 1. The van der Waals surface area contributed by atoms with E-state index in [0.29, 0.717) is 13.0 Å². The first-order valence-electron chi connectivity index (χ1n) is 6.06. The van der Waals surface area contributed by atoms with Gasteiger partial charge in [0.2, 0.25) is 5.91 Å². The van der Waals surface area contributed by atoms with Gasteiger partial charge in [-0.15, -0.1) is 0 Å². The van der Waals surface area contributed by atoms with Crippen LogP contribution in [0.1, 0.15) is 18.5 Å². The molecule has 2 aromatic rings. The predicted molar refractivity (Wildman–Crippen MR) is 67.4 cm³/mol. The highest BCUT2D eigenvalue weighted by Gasteiger charge is 2.19. The van der Waals surface area contributed by atoms with Crippen LogP contribution in [0.5, 0.6) is 0 Å². The predicted octanol–water partition coefficient (Wildman–Crippen LogP) is 0.728. The van der Waals surface area contributed by atoms with E-state index in [1.54, 1.807) is 6.20 Å². The average Bonchev–Trinajstić information content (AvgIpc) is 2.73. The zero-order chi connectivity index (χ0) is 12.5. The van der Waals surface area contributed by atoms with E-state index in [-0.39, 0.29) is 11.9 Å². The topological polar surface area (TPSA) is 71.3 Å². The maximum atomic E-state index is 11.1. The number of hydrogen-bond donors (Lipinski definition) is 2. The van der Waals surface area contributed by atoms with Gasteiger partial charge in [0, 0.05) is 31.4 Å². The Kier molecular flexibility index (Phi) is 2.62. The van der Waals surface area contributed by atoms with E-state index >= 15 is 0 Å². The number of rotatable bonds is 2. The van der Waals surface area contributed by atoms with Gasteiger partial charge in [0.1, 0.15) is 5.52 Å². The van der Waals surface area contributed by atoms with Crippen LogP contribution < -0.4 is 10.6 Å². The standard InChI is InChI=1S/C12H15N5O/c1-8-6-10-12(13-4-5-17(10)16-8)15-9-2-3-11(18)14-7-9/h4-6,9H,2-3,7H2,1H3,(H,13,15)(H,14,18). The highest BCUT2D eigenvalue weighted by atomic mass is 16.1. The number of piperidine rings is 1. The lowest BCUT2D eigenvalue weighted by Gasteiger charge is -2.24.